The number of ether oxygens (including phenoxy) is 1. The summed E-state index contributed by atoms with van der Waals surface area (Å²) >= 11 is 1.42. The first-order valence-corrected chi connectivity index (χ1v) is 12.9. The summed E-state index contributed by atoms with van der Waals surface area (Å²) in [4.78, 5) is 18.1. The summed E-state index contributed by atoms with van der Waals surface area (Å²) in [7, 11) is 0. The zero-order valence-corrected chi connectivity index (χ0v) is 20.8. The van der Waals surface area contributed by atoms with Crippen LogP contribution in [0.3, 0.4) is 0 Å². The number of likely N-dealkylation sites (tertiary alicyclic amines) is 1. The third-order valence-electron chi connectivity index (χ3n) is 6.04. The van der Waals surface area contributed by atoms with Crippen LogP contribution in [0, 0.1) is 5.41 Å². The maximum absolute atomic E-state index is 13.4. The molecule has 4 rings (SSSR count). The van der Waals surface area contributed by atoms with Gasteiger partial charge in [-0.15, -0.1) is 11.3 Å². The van der Waals surface area contributed by atoms with E-state index in [1.165, 1.54) is 16.9 Å². The Kier molecular flexibility index (Phi) is 8.70. The van der Waals surface area contributed by atoms with E-state index in [2.05, 4.69) is 34.5 Å². The van der Waals surface area contributed by atoms with Gasteiger partial charge in [0.1, 0.15) is 11.6 Å². The van der Waals surface area contributed by atoms with E-state index < -0.39 is 0 Å². The molecule has 3 aromatic rings. The number of carbonyl (C=O) groups is 1. The van der Waals surface area contributed by atoms with Crippen molar-refractivity contribution >= 4 is 28.8 Å². The van der Waals surface area contributed by atoms with Gasteiger partial charge in [0, 0.05) is 37.6 Å². The van der Waals surface area contributed by atoms with Crippen LogP contribution >= 0.6 is 11.3 Å². The molecule has 2 N–H and O–H groups in total. The number of anilines is 1. The van der Waals surface area contributed by atoms with E-state index in [9.17, 15) is 4.79 Å². The number of piperidine rings is 1. The van der Waals surface area contributed by atoms with Gasteiger partial charge in [0.15, 0.2) is 0 Å². The molecular weight excluding hydrogens is 456 g/mol. The third-order valence-corrected chi connectivity index (χ3v) is 6.90. The zero-order chi connectivity index (χ0) is 24.5. The molecule has 1 amide bonds. The van der Waals surface area contributed by atoms with Gasteiger partial charge in [-0.1, -0.05) is 36.4 Å². The van der Waals surface area contributed by atoms with Crippen molar-refractivity contribution in [3.8, 4) is 5.75 Å². The summed E-state index contributed by atoms with van der Waals surface area (Å²) in [5.74, 6) is 0.918. The molecule has 182 valence electrons. The summed E-state index contributed by atoms with van der Waals surface area (Å²) in [6, 6.07) is 21.8. The van der Waals surface area contributed by atoms with Crippen molar-refractivity contribution < 1.29 is 9.53 Å². The molecule has 7 heteroatoms. The monoisotopic (exact) mass is 488 g/mol. The predicted molar refractivity (Wildman–Crippen MR) is 143 cm³/mol. The van der Waals surface area contributed by atoms with Crippen molar-refractivity contribution in [2.75, 3.05) is 25.0 Å². The molecule has 2 aromatic carbocycles. The first kappa shape index (κ1) is 24.7. The quantitative estimate of drug-likeness (QED) is 0.293. The van der Waals surface area contributed by atoms with E-state index in [0.29, 0.717) is 11.5 Å². The lowest BCUT2D eigenvalue weighted by molar-refractivity contribution is 0.0734. The maximum atomic E-state index is 13.4. The predicted octanol–water partition coefficient (Wildman–Crippen LogP) is 5.86. The molecule has 0 saturated carbocycles. The van der Waals surface area contributed by atoms with Crippen LogP contribution in [0.15, 0.2) is 84.4 Å². The highest BCUT2D eigenvalue weighted by Gasteiger charge is 2.31. The lowest BCUT2D eigenvalue weighted by Crippen LogP contribution is -2.49. The molecule has 0 atom stereocenters. The zero-order valence-electron chi connectivity index (χ0n) is 20.0. The lowest BCUT2D eigenvalue weighted by Gasteiger charge is -2.38. The summed E-state index contributed by atoms with van der Waals surface area (Å²) in [6.07, 6.45) is 5.06. The smallest absolute Gasteiger partial charge is 0.269 e. The maximum Gasteiger partial charge on any atom is 0.269 e. The summed E-state index contributed by atoms with van der Waals surface area (Å²) < 4.78 is 5.48. The van der Waals surface area contributed by atoms with Gasteiger partial charge in [0.05, 0.1) is 11.5 Å². The van der Waals surface area contributed by atoms with Crippen LogP contribution in [-0.4, -0.2) is 47.3 Å². The number of amides is 1. The highest BCUT2D eigenvalue weighted by molar-refractivity contribution is 7.12. The fraction of sp³-hybridized carbons (Fsp3) is 0.286. The summed E-state index contributed by atoms with van der Waals surface area (Å²) in [5, 5.41) is 13.8. The number of nitrogens with one attached hydrogen (secondary N) is 2. The summed E-state index contributed by atoms with van der Waals surface area (Å²) in [6.45, 7) is 5.29. The number of thiophene rings is 1. The van der Waals surface area contributed by atoms with Crippen LogP contribution in [0.25, 0.3) is 0 Å². The fourth-order valence-electron chi connectivity index (χ4n) is 4.28. The largest absolute Gasteiger partial charge is 0.494 e. The van der Waals surface area contributed by atoms with Crippen LogP contribution < -0.4 is 10.1 Å². The molecular formula is C28H32N4O2S. The number of rotatable bonds is 9. The van der Waals surface area contributed by atoms with Gasteiger partial charge in [0.25, 0.3) is 5.91 Å². The van der Waals surface area contributed by atoms with E-state index in [1.807, 2.05) is 54.8 Å². The van der Waals surface area contributed by atoms with Gasteiger partial charge in [-0.25, -0.2) is 0 Å². The van der Waals surface area contributed by atoms with Gasteiger partial charge in [-0.2, -0.15) is 0 Å². The second kappa shape index (κ2) is 12.3. The van der Waals surface area contributed by atoms with Gasteiger partial charge < -0.3 is 10.1 Å². The van der Waals surface area contributed by atoms with Gasteiger partial charge in [-0.3, -0.25) is 20.0 Å². The second-order valence-electron chi connectivity index (χ2n) is 8.47. The first-order chi connectivity index (χ1) is 17.1. The van der Waals surface area contributed by atoms with Gasteiger partial charge in [0.2, 0.25) is 0 Å². The lowest BCUT2D eigenvalue weighted by atomic mass is 10.0. The Bertz CT molecular complexity index is 1110. The molecule has 2 heterocycles. The molecule has 1 fully saturated rings. The van der Waals surface area contributed by atoms with Crippen LogP contribution in [-0.2, 0) is 6.54 Å². The molecule has 0 radical (unpaired) electrons. The number of hydrogen-bond donors (Lipinski definition) is 2. The Morgan fingerprint density at radius 2 is 1.86 bits per heavy atom. The molecule has 1 aliphatic heterocycles. The minimum Gasteiger partial charge on any atom is -0.494 e. The highest BCUT2D eigenvalue weighted by Crippen LogP contribution is 2.23. The summed E-state index contributed by atoms with van der Waals surface area (Å²) in [5.41, 5.74) is 2.19. The number of amidine groups is 1. The van der Waals surface area contributed by atoms with Crippen molar-refractivity contribution in [3.63, 3.8) is 0 Å². The molecule has 0 spiro atoms. The Labute approximate surface area is 211 Å². The van der Waals surface area contributed by atoms with Crippen molar-refractivity contribution in [1.29, 1.82) is 5.41 Å². The Morgan fingerprint density at radius 3 is 2.51 bits per heavy atom. The molecule has 1 aromatic heterocycles. The Hall–Kier alpha value is -3.42. The van der Waals surface area contributed by atoms with Crippen molar-refractivity contribution in [1.82, 2.24) is 9.80 Å². The average Bonchev–Trinajstić information content (AvgIpc) is 3.42. The molecule has 0 bridgehead atoms. The Morgan fingerprint density at radius 1 is 1.11 bits per heavy atom. The van der Waals surface area contributed by atoms with Gasteiger partial charge >= 0.3 is 0 Å². The normalized spacial score (nSPS) is 14.7. The Balaban J connectivity index is 1.40. The number of carbonyl (C=O) groups excluding carboxylic acids is 1. The number of nitrogens with zero attached hydrogens (tertiary/aromatic N) is 2. The topological polar surface area (TPSA) is 68.7 Å². The second-order valence-corrected chi connectivity index (χ2v) is 9.41. The molecule has 1 saturated heterocycles. The van der Waals surface area contributed by atoms with E-state index in [-0.39, 0.29) is 17.8 Å². The van der Waals surface area contributed by atoms with Gasteiger partial charge in [-0.05, 0) is 67.1 Å². The van der Waals surface area contributed by atoms with Crippen LogP contribution in [0.1, 0.15) is 35.0 Å². The SMILES string of the molecule is CCOc1ccc(N/C=C\C(=N)N(C(=O)c2cccs2)C2CCN(Cc3ccccc3)CC2)cc1. The molecule has 0 aliphatic carbocycles. The minimum atomic E-state index is -0.0998. The van der Waals surface area contributed by atoms with E-state index in [0.717, 1.165) is 43.9 Å². The molecule has 0 unspecified atom stereocenters. The van der Waals surface area contributed by atoms with Crippen LogP contribution in [0.2, 0.25) is 0 Å². The molecule has 6 nitrogen and oxygen atoms in total. The average molecular weight is 489 g/mol. The van der Waals surface area contributed by atoms with E-state index in [1.54, 1.807) is 17.2 Å². The van der Waals surface area contributed by atoms with Crippen molar-refractivity contribution in [2.45, 2.75) is 32.4 Å². The van der Waals surface area contributed by atoms with Crippen LogP contribution in [0.5, 0.6) is 5.75 Å². The third kappa shape index (κ3) is 6.81. The first-order valence-electron chi connectivity index (χ1n) is 12.0. The van der Waals surface area contributed by atoms with E-state index >= 15 is 0 Å². The van der Waals surface area contributed by atoms with Crippen molar-refractivity contribution in [3.05, 3.63) is 94.8 Å². The molecule has 1 aliphatic rings. The van der Waals surface area contributed by atoms with E-state index in [4.69, 9.17) is 10.1 Å². The molecule has 35 heavy (non-hydrogen) atoms. The van der Waals surface area contributed by atoms with Crippen LogP contribution in [0.4, 0.5) is 5.69 Å². The number of hydrogen-bond acceptors (Lipinski definition) is 6. The standard InChI is InChI=1S/C28H32N4O2S/c1-2-34-25-12-10-23(11-13-25)30-17-14-27(29)32(28(33)26-9-6-20-35-26)24-15-18-31(19-16-24)21-22-7-4-3-5-8-22/h3-14,17,20,24,29-30H,2,15-16,18-19,21H2,1H3/b17-14-,29-27?. The fourth-order valence-corrected chi connectivity index (χ4v) is 4.94. The minimum absolute atomic E-state index is 0.000695. The highest BCUT2D eigenvalue weighted by atomic mass is 32.1. The number of benzene rings is 2. The van der Waals surface area contributed by atoms with Crippen molar-refractivity contribution in [2.24, 2.45) is 0 Å².